The maximum atomic E-state index is 11.7. The molecule has 0 aromatic carbocycles. The van der Waals surface area contributed by atoms with Crippen LogP contribution in [0.4, 0.5) is 4.79 Å². The lowest BCUT2D eigenvalue weighted by atomic mass is 10.00. The number of urea groups is 1. The third-order valence-corrected chi connectivity index (χ3v) is 3.34. The van der Waals surface area contributed by atoms with E-state index in [0.717, 1.165) is 11.3 Å². The van der Waals surface area contributed by atoms with E-state index < -0.39 is 17.5 Å². The highest BCUT2D eigenvalue weighted by atomic mass is 16.4. The zero-order valence-electron chi connectivity index (χ0n) is 11.6. The average Bonchev–Trinajstić information content (AvgIpc) is 2.67. The van der Waals surface area contributed by atoms with Crippen LogP contribution in [0.15, 0.2) is 6.20 Å². The van der Waals surface area contributed by atoms with Gasteiger partial charge in [-0.1, -0.05) is 6.92 Å². The summed E-state index contributed by atoms with van der Waals surface area (Å²) < 4.78 is 1.71. The molecule has 7 heteroatoms. The zero-order valence-corrected chi connectivity index (χ0v) is 11.6. The van der Waals surface area contributed by atoms with E-state index in [-0.39, 0.29) is 0 Å². The number of aliphatic carboxylic acids is 1. The van der Waals surface area contributed by atoms with Crippen LogP contribution in [-0.2, 0) is 18.4 Å². The molecule has 0 aliphatic heterocycles. The van der Waals surface area contributed by atoms with Crippen molar-refractivity contribution in [2.75, 3.05) is 0 Å². The van der Waals surface area contributed by atoms with Crippen LogP contribution in [0.3, 0.4) is 0 Å². The number of carbonyl (C=O) groups excluding carboxylic acids is 1. The van der Waals surface area contributed by atoms with Gasteiger partial charge in [-0.3, -0.25) is 4.68 Å². The molecule has 0 aliphatic rings. The van der Waals surface area contributed by atoms with Gasteiger partial charge in [-0.2, -0.15) is 5.10 Å². The summed E-state index contributed by atoms with van der Waals surface area (Å²) in [5.41, 5.74) is 0.594. The van der Waals surface area contributed by atoms with Crippen LogP contribution in [0.1, 0.15) is 31.5 Å². The summed E-state index contributed by atoms with van der Waals surface area (Å²) in [6.07, 6.45) is 1.98. The highest BCUT2D eigenvalue weighted by Crippen LogP contribution is 2.09. The lowest BCUT2D eigenvalue weighted by Crippen LogP contribution is -2.54. The van der Waals surface area contributed by atoms with Crippen molar-refractivity contribution in [3.8, 4) is 0 Å². The number of nitrogens with zero attached hydrogens (tertiary/aromatic N) is 2. The molecule has 1 atom stereocenters. The molecule has 1 aromatic rings. The SMILES string of the molecule is CCC(C)(NC(=O)NCc1cnn(C)c1C)C(=O)O. The first-order chi connectivity index (χ1) is 8.80. The fraction of sp³-hybridized carbons (Fsp3) is 0.583. The molecule has 1 rings (SSSR count). The summed E-state index contributed by atoms with van der Waals surface area (Å²) >= 11 is 0. The molecule has 1 heterocycles. The Balaban J connectivity index is 2.57. The maximum absolute atomic E-state index is 11.7. The van der Waals surface area contributed by atoms with E-state index in [0.29, 0.717) is 13.0 Å². The van der Waals surface area contributed by atoms with Crippen LogP contribution in [0.25, 0.3) is 0 Å². The number of hydrogen-bond acceptors (Lipinski definition) is 3. The van der Waals surface area contributed by atoms with Crippen molar-refractivity contribution in [3.05, 3.63) is 17.5 Å². The summed E-state index contributed by atoms with van der Waals surface area (Å²) in [5, 5.41) is 18.2. The number of aryl methyl sites for hydroxylation is 1. The first kappa shape index (κ1) is 15.0. The van der Waals surface area contributed by atoms with Gasteiger partial charge in [0, 0.05) is 24.8 Å². The lowest BCUT2D eigenvalue weighted by molar-refractivity contribution is -0.143. The normalized spacial score (nSPS) is 13.7. The van der Waals surface area contributed by atoms with Gasteiger partial charge in [0.25, 0.3) is 0 Å². The smallest absolute Gasteiger partial charge is 0.329 e. The standard InChI is InChI=1S/C12H20N4O3/c1-5-12(3,10(17)18)15-11(19)13-6-9-7-14-16(4)8(9)2/h7H,5-6H2,1-4H3,(H,17,18)(H2,13,15,19). The fourth-order valence-corrected chi connectivity index (χ4v) is 1.48. The minimum absolute atomic E-state index is 0.307. The Kier molecular flexibility index (Phi) is 4.52. The summed E-state index contributed by atoms with van der Waals surface area (Å²) in [4.78, 5) is 22.8. The Bertz CT molecular complexity index is 483. The van der Waals surface area contributed by atoms with Crippen LogP contribution < -0.4 is 10.6 Å². The first-order valence-electron chi connectivity index (χ1n) is 6.07. The van der Waals surface area contributed by atoms with Crippen LogP contribution >= 0.6 is 0 Å². The molecule has 0 saturated heterocycles. The number of nitrogens with one attached hydrogen (secondary N) is 2. The molecule has 1 aromatic heterocycles. The number of carboxylic acid groups (broad SMARTS) is 1. The van der Waals surface area contributed by atoms with Gasteiger partial charge in [-0.05, 0) is 20.3 Å². The monoisotopic (exact) mass is 268 g/mol. The Morgan fingerprint density at radius 1 is 1.53 bits per heavy atom. The highest BCUT2D eigenvalue weighted by Gasteiger charge is 2.32. The molecule has 2 amide bonds. The molecule has 106 valence electrons. The van der Waals surface area contributed by atoms with Crippen molar-refractivity contribution < 1.29 is 14.7 Å². The first-order valence-corrected chi connectivity index (χ1v) is 6.07. The number of hydrogen-bond donors (Lipinski definition) is 3. The molecule has 0 aliphatic carbocycles. The summed E-state index contributed by atoms with van der Waals surface area (Å²) in [6, 6.07) is -0.505. The second-order valence-electron chi connectivity index (χ2n) is 4.68. The van der Waals surface area contributed by atoms with Gasteiger partial charge in [-0.15, -0.1) is 0 Å². The highest BCUT2D eigenvalue weighted by molar-refractivity contribution is 5.85. The van der Waals surface area contributed by atoms with E-state index >= 15 is 0 Å². The van der Waals surface area contributed by atoms with Crippen molar-refractivity contribution in [3.63, 3.8) is 0 Å². The summed E-state index contributed by atoms with van der Waals surface area (Å²) in [7, 11) is 1.82. The number of aromatic nitrogens is 2. The minimum atomic E-state index is -1.26. The molecular weight excluding hydrogens is 248 g/mol. The predicted molar refractivity (Wildman–Crippen MR) is 69.6 cm³/mol. The number of amides is 2. The molecular formula is C12H20N4O3. The Morgan fingerprint density at radius 3 is 2.58 bits per heavy atom. The predicted octanol–water partition coefficient (Wildman–Crippen LogP) is 0.781. The Labute approximate surface area is 112 Å². The molecule has 0 fully saturated rings. The van der Waals surface area contributed by atoms with Crippen LogP contribution in [0.5, 0.6) is 0 Å². The fourth-order valence-electron chi connectivity index (χ4n) is 1.48. The number of carbonyl (C=O) groups is 2. The van der Waals surface area contributed by atoms with E-state index in [1.165, 1.54) is 6.92 Å². The van der Waals surface area contributed by atoms with Crippen LogP contribution in [-0.4, -0.2) is 32.4 Å². The quantitative estimate of drug-likeness (QED) is 0.735. The molecule has 0 bridgehead atoms. The molecule has 0 spiro atoms. The van der Waals surface area contributed by atoms with Crippen molar-refractivity contribution >= 4 is 12.0 Å². The van der Waals surface area contributed by atoms with Crippen molar-refractivity contribution in [2.24, 2.45) is 7.05 Å². The topological polar surface area (TPSA) is 96.3 Å². The Hall–Kier alpha value is -2.05. The van der Waals surface area contributed by atoms with Gasteiger partial charge >= 0.3 is 12.0 Å². The van der Waals surface area contributed by atoms with Crippen molar-refractivity contribution in [2.45, 2.75) is 39.3 Å². The van der Waals surface area contributed by atoms with Gasteiger partial charge in [0.15, 0.2) is 0 Å². The van der Waals surface area contributed by atoms with Gasteiger partial charge in [0.1, 0.15) is 5.54 Å². The average molecular weight is 268 g/mol. The molecule has 0 saturated carbocycles. The van der Waals surface area contributed by atoms with Gasteiger partial charge < -0.3 is 15.7 Å². The summed E-state index contributed by atoms with van der Waals surface area (Å²) in [5.74, 6) is -1.05. The zero-order chi connectivity index (χ0) is 14.6. The number of rotatable bonds is 5. The van der Waals surface area contributed by atoms with Crippen LogP contribution in [0, 0.1) is 6.92 Å². The second-order valence-corrected chi connectivity index (χ2v) is 4.68. The van der Waals surface area contributed by atoms with E-state index in [4.69, 9.17) is 5.11 Å². The molecule has 3 N–H and O–H groups in total. The van der Waals surface area contributed by atoms with E-state index in [1.807, 2.05) is 14.0 Å². The molecule has 19 heavy (non-hydrogen) atoms. The Morgan fingerprint density at radius 2 is 2.16 bits per heavy atom. The third-order valence-electron chi connectivity index (χ3n) is 3.34. The molecule has 1 unspecified atom stereocenters. The minimum Gasteiger partial charge on any atom is -0.480 e. The van der Waals surface area contributed by atoms with E-state index in [2.05, 4.69) is 15.7 Å². The van der Waals surface area contributed by atoms with Crippen molar-refractivity contribution in [1.29, 1.82) is 0 Å². The molecule has 0 radical (unpaired) electrons. The van der Waals surface area contributed by atoms with Gasteiger partial charge in [-0.25, -0.2) is 9.59 Å². The number of carboxylic acids is 1. The lowest BCUT2D eigenvalue weighted by Gasteiger charge is -2.24. The van der Waals surface area contributed by atoms with Crippen molar-refractivity contribution in [1.82, 2.24) is 20.4 Å². The van der Waals surface area contributed by atoms with E-state index in [9.17, 15) is 9.59 Å². The largest absolute Gasteiger partial charge is 0.480 e. The van der Waals surface area contributed by atoms with Crippen LogP contribution in [0.2, 0.25) is 0 Å². The second kappa shape index (κ2) is 5.73. The van der Waals surface area contributed by atoms with Gasteiger partial charge in [0.05, 0.1) is 6.20 Å². The third kappa shape index (κ3) is 3.46. The molecule has 7 nitrogen and oxygen atoms in total. The van der Waals surface area contributed by atoms with Gasteiger partial charge in [0.2, 0.25) is 0 Å². The maximum Gasteiger partial charge on any atom is 0.329 e. The summed E-state index contributed by atoms with van der Waals surface area (Å²) in [6.45, 7) is 5.39. The van der Waals surface area contributed by atoms with E-state index in [1.54, 1.807) is 17.8 Å².